The number of aromatic nitrogens is 1. The first-order valence-corrected chi connectivity index (χ1v) is 5.98. The van der Waals surface area contributed by atoms with E-state index in [4.69, 9.17) is 4.74 Å². The van der Waals surface area contributed by atoms with Crippen LogP contribution in [0.3, 0.4) is 0 Å². The fourth-order valence-electron chi connectivity index (χ4n) is 1.93. The Labute approximate surface area is 103 Å². The first-order chi connectivity index (χ1) is 7.62. The molecular formula is C11H15BrN2O2. The third-order valence-electron chi connectivity index (χ3n) is 3.10. The van der Waals surface area contributed by atoms with Crippen molar-refractivity contribution in [2.45, 2.75) is 19.0 Å². The van der Waals surface area contributed by atoms with E-state index in [1.165, 1.54) is 0 Å². The quantitative estimate of drug-likeness (QED) is 0.850. The van der Waals surface area contributed by atoms with Crippen LogP contribution in [0.2, 0.25) is 0 Å². The molecule has 0 saturated carbocycles. The molecule has 1 aromatic rings. The van der Waals surface area contributed by atoms with E-state index in [9.17, 15) is 4.79 Å². The van der Waals surface area contributed by atoms with Gasteiger partial charge in [-0.3, -0.25) is 4.79 Å². The van der Waals surface area contributed by atoms with Crippen LogP contribution in [0.4, 0.5) is 0 Å². The monoisotopic (exact) mass is 286 g/mol. The van der Waals surface area contributed by atoms with Crippen LogP contribution in [-0.2, 0) is 11.3 Å². The Bertz CT molecular complexity index is 405. The van der Waals surface area contributed by atoms with Crippen LogP contribution in [0, 0.1) is 6.92 Å². The topological polar surface area (TPSA) is 43.3 Å². The van der Waals surface area contributed by atoms with E-state index >= 15 is 0 Å². The molecule has 1 saturated heterocycles. The maximum absolute atomic E-state index is 11.0. The number of aldehydes is 1. The highest BCUT2D eigenvalue weighted by Gasteiger charge is 2.37. The van der Waals surface area contributed by atoms with E-state index in [0.717, 1.165) is 22.9 Å². The average Bonchev–Trinajstić information content (AvgIpc) is 2.48. The number of aryl methyl sites for hydroxylation is 1. The minimum atomic E-state index is -0.0251. The molecule has 1 aliphatic heterocycles. The zero-order valence-electron chi connectivity index (χ0n) is 9.42. The summed E-state index contributed by atoms with van der Waals surface area (Å²) in [6.45, 7) is 4.12. The van der Waals surface area contributed by atoms with Gasteiger partial charge < -0.3 is 14.6 Å². The molecule has 0 bridgehead atoms. The molecule has 1 aliphatic rings. The van der Waals surface area contributed by atoms with Gasteiger partial charge in [0, 0.05) is 17.2 Å². The minimum absolute atomic E-state index is 0.0251. The lowest BCUT2D eigenvalue weighted by atomic mass is 9.98. The average molecular weight is 287 g/mol. The molecule has 88 valence electrons. The molecule has 0 spiro atoms. The van der Waals surface area contributed by atoms with Gasteiger partial charge >= 0.3 is 0 Å². The molecule has 0 amide bonds. The Hall–Kier alpha value is -0.650. The molecule has 5 heteroatoms. The molecule has 1 aromatic heterocycles. The number of hydrogen-bond acceptors (Lipinski definition) is 3. The number of carbonyl (C=O) groups excluding carboxylic acids is 1. The lowest BCUT2D eigenvalue weighted by molar-refractivity contribution is -0.0788. The molecule has 2 rings (SSSR count). The van der Waals surface area contributed by atoms with Crippen LogP contribution in [0.1, 0.15) is 16.1 Å². The summed E-state index contributed by atoms with van der Waals surface area (Å²) in [4.78, 5) is 11.0. The van der Waals surface area contributed by atoms with E-state index in [1.807, 2.05) is 24.7 Å². The van der Waals surface area contributed by atoms with Crippen LogP contribution < -0.4 is 5.32 Å². The summed E-state index contributed by atoms with van der Waals surface area (Å²) in [5.41, 5.74) is 1.75. The first kappa shape index (κ1) is 11.8. The van der Waals surface area contributed by atoms with Gasteiger partial charge in [0.05, 0.1) is 24.4 Å². The van der Waals surface area contributed by atoms with Gasteiger partial charge in [-0.1, -0.05) is 0 Å². The molecule has 0 aliphatic carbocycles. The number of carbonyl (C=O) groups is 1. The van der Waals surface area contributed by atoms with Gasteiger partial charge in [0.2, 0.25) is 0 Å². The minimum Gasteiger partial charge on any atom is -0.377 e. The highest BCUT2D eigenvalue weighted by molar-refractivity contribution is 9.10. The van der Waals surface area contributed by atoms with Crippen LogP contribution >= 0.6 is 15.9 Å². The van der Waals surface area contributed by atoms with Crippen molar-refractivity contribution < 1.29 is 9.53 Å². The molecule has 0 unspecified atom stereocenters. The van der Waals surface area contributed by atoms with Crippen molar-refractivity contribution in [1.29, 1.82) is 0 Å². The summed E-state index contributed by atoms with van der Waals surface area (Å²) >= 11 is 3.43. The summed E-state index contributed by atoms with van der Waals surface area (Å²) in [6, 6.07) is 0. The fourth-order valence-corrected chi connectivity index (χ4v) is 2.35. The molecule has 0 atom stereocenters. The predicted octanol–water partition coefficient (Wildman–Crippen LogP) is 1.36. The number of likely N-dealkylation sites (N-methyl/N-ethyl adjacent to an activating group) is 1. The van der Waals surface area contributed by atoms with Gasteiger partial charge in [-0.2, -0.15) is 0 Å². The maximum atomic E-state index is 11.0. The Morgan fingerprint density at radius 3 is 2.81 bits per heavy atom. The third kappa shape index (κ3) is 1.83. The number of hydrogen-bond donors (Lipinski definition) is 1. The summed E-state index contributed by atoms with van der Waals surface area (Å²) in [5.74, 6) is 0. The van der Waals surface area contributed by atoms with E-state index in [2.05, 4.69) is 21.2 Å². The highest BCUT2D eigenvalue weighted by atomic mass is 79.9. The first-order valence-electron chi connectivity index (χ1n) is 5.19. The largest absolute Gasteiger partial charge is 0.377 e. The molecule has 0 aromatic carbocycles. The summed E-state index contributed by atoms with van der Waals surface area (Å²) in [7, 11) is 1.93. The normalized spacial score (nSPS) is 18.2. The predicted molar refractivity (Wildman–Crippen MR) is 64.9 cm³/mol. The van der Waals surface area contributed by atoms with E-state index in [-0.39, 0.29) is 5.54 Å². The van der Waals surface area contributed by atoms with E-state index < -0.39 is 0 Å². The zero-order valence-corrected chi connectivity index (χ0v) is 11.0. The summed E-state index contributed by atoms with van der Waals surface area (Å²) in [5, 5.41) is 3.27. The standard InChI is InChI=1S/C11H15BrN2O2/c1-8-3-14(9(4-15)10(8)12)5-11(13-2)6-16-7-11/h3-4,13H,5-7H2,1-2H3. The fraction of sp³-hybridized carbons (Fsp3) is 0.545. The van der Waals surface area contributed by atoms with Gasteiger partial charge in [0.25, 0.3) is 0 Å². The van der Waals surface area contributed by atoms with Crippen LogP contribution in [0.5, 0.6) is 0 Å². The van der Waals surface area contributed by atoms with Crippen molar-refractivity contribution in [3.8, 4) is 0 Å². The molecular weight excluding hydrogens is 272 g/mol. The number of halogens is 1. The third-order valence-corrected chi connectivity index (χ3v) is 4.13. The lowest BCUT2D eigenvalue weighted by Gasteiger charge is -2.41. The summed E-state index contributed by atoms with van der Waals surface area (Å²) in [6.07, 6.45) is 2.88. The van der Waals surface area contributed by atoms with Gasteiger partial charge in [-0.05, 0) is 35.5 Å². The molecule has 4 nitrogen and oxygen atoms in total. The number of nitrogens with zero attached hydrogens (tertiary/aromatic N) is 1. The number of ether oxygens (including phenoxy) is 1. The van der Waals surface area contributed by atoms with Crippen molar-refractivity contribution in [1.82, 2.24) is 9.88 Å². The van der Waals surface area contributed by atoms with Gasteiger partial charge in [0.15, 0.2) is 6.29 Å². The van der Waals surface area contributed by atoms with Crippen LogP contribution in [0.25, 0.3) is 0 Å². The Morgan fingerprint density at radius 1 is 1.69 bits per heavy atom. The van der Waals surface area contributed by atoms with Crippen LogP contribution in [0.15, 0.2) is 10.7 Å². The Balaban J connectivity index is 2.27. The smallest absolute Gasteiger partial charge is 0.167 e. The van der Waals surface area contributed by atoms with Crippen molar-refractivity contribution >= 4 is 22.2 Å². The molecule has 16 heavy (non-hydrogen) atoms. The van der Waals surface area contributed by atoms with Crippen molar-refractivity contribution in [2.75, 3.05) is 20.3 Å². The maximum Gasteiger partial charge on any atom is 0.167 e. The molecule has 1 fully saturated rings. The lowest BCUT2D eigenvalue weighted by Crippen LogP contribution is -2.61. The van der Waals surface area contributed by atoms with E-state index in [1.54, 1.807) is 0 Å². The van der Waals surface area contributed by atoms with Crippen molar-refractivity contribution in [3.05, 3.63) is 21.9 Å². The molecule has 1 N–H and O–H groups in total. The Kier molecular flexibility index (Phi) is 3.19. The summed E-state index contributed by atoms with van der Waals surface area (Å²) < 4.78 is 8.10. The molecule has 2 heterocycles. The van der Waals surface area contributed by atoms with Crippen molar-refractivity contribution in [3.63, 3.8) is 0 Å². The van der Waals surface area contributed by atoms with Crippen LogP contribution in [-0.4, -0.2) is 36.7 Å². The SMILES string of the molecule is CNC1(Cn2cc(C)c(Br)c2C=O)COC1. The second kappa shape index (κ2) is 4.31. The second-order valence-electron chi connectivity index (χ2n) is 4.28. The van der Waals surface area contributed by atoms with Gasteiger partial charge in [0.1, 0.15) is 0 Å². The zero-order chi connectivity index (χ0) is 11.8. The highest BCUT2D eigenvalue weighted by Crippen LogP contribution is 2.26. The second-order valence-corrected chi connectivity index (χ2v) is 5.07. The van der Waals surface area contributed by atoms with Gasteiger partial charge in [-0.25, -0.2) is 0 Å². The van der Waals surface area contributed by atoms with E-state index in [0.29, 0.717) is 18.9 Å². The number of rotatable bonds is 4. The molecule has 0 radical (unpaired) electrons. The van der Waals surface area contributed by atoms with Gasteiger partial charge in [-0.15, -0.1) is 0 Å². The Morgan fingerprint density at radius 2 is 2.38 bits per heavy atom. The van der Waals surface area contributed by atoms with Crippen molar-refractivity contribution in [2.24, 2.45) is 0 Å². The number of nitrogens with one attached hydrogen (secondary N) is 1.